The molecule has 0 aliphatic carbocycles. The minimum atomic E-state index is -0.147. The number of ether oxygens (including phenoxy) is 2. The van der Waals surface area contributed by atoms with Crippen molar-refractivity contribution in [1.29, 1.82) is 0 Å². The predicted octanol–water partition coefficient (Wildman–Crippen LogP) is 3.48. The summed E-state index contributed by atoms with van der Waals surface area (Å²) in [4.78, 5) is 22.5. The summed E-state index contributed by atoms with van der Waals surface area (Å²) in [6.07, 6.45) is 5.54. The number of hydrogen-bond acceptors (Lipinski definition) is 4. The van der Waals surface area contributed by atoms with E-state index in [1.165, 1.54) is 0 Å². The number of esters is 2. The molecular formula is C15H28O4. The predicted molar refractivity (Wildman–Crippen MR) is 74.7 cm³/mol. The molecule has 0 fully saturated rings. The molecule has 19 heavy (non-hydrogen) atoms. The lowest BCUT2D eigenvalue weighted by Crippen LogP contribution is -2.10. The number of hydrogen-bond donors (Lipinski definition) is 0. The van der Waals surface area contributed by atoms with Crippen LogP contribution >= 0.6 is 0 Å². The molecule has 0 amide bonds. The van der Waals surface area contributed by atoms with Crippen molar-refractivity contribution < 1.29 is 19.1 Å². The summed E-state index contributed by atoms with van der Waals surface area (Å²) in [5, 5.41) is 0. The van der Waals surface area contributed by atoms with Crippen LogP contribution in [0.15, 0.2) is 0 Å². The van der Waals surface area contributed by atoms with Crippen LogP contribution in [0.2, 0.25) is 0 Å². The molecule has 0 saturated carbocycles. The van der Waals surface area contributed by atoms with Crippen LogP contribution in [0.5, 0.6) is 0 Å². The summed E-state index contributed by atoms with van der Waals surface area (Å²) in [5.74, 6) is 0.0633. The summed E-state index contributed by atoms with van der Waals surface area (Å²) in [6, 6.07) is 0. The molecule has 0 unspecified atom stereocenters. The lowest BCUT2D eigenvalue weighted by atomic mass is 10.1. The van der Waals surface area contributed by atoms with Crippen LogP contribution in [0, 0.1) is 5.92 Å². The zero-order chi connectivity index (χ0) is 14.5. The molecule has 0 saturated heterocycles. The van der Waals surface area contributed by atoms with Gasteiger partial charge in [-0.25, -0.2) is 0 Å². The Kier molecular flexibility index (Phi) is 11.3. The van der Waals surface area contributed by atoms with Crippen molar-refractivity contribution in [1.82, 2.24) is 0 Å². The van der Waals surface area contributed by atoms with Gasteiger partial charge in [-0.1, -0.05) is 33.6 Å². The van der Waals surface area contributed by atoms with Crippen molar-refractivity contribution in [3.63, 3.8) is 0 Å². The summed E-state index contributed by atoms with van der Waals surface area (Å²) >= 11 is 0. The number of rotatable bonds is 11. The third-order valence-electron chi connectivity index (χ3n) is 2.62. The van der Waals surface area contributed by atoms with E-state index in [0.717, 1.165) is 32.1 Å². The Morgan fingerprint density at radius 1 is 0.895 bits per heavy atom. The maximum absolute atomic E-state index is 11.3. The second kappa shape index (κ2) is 12.0. The molecule has 0 aliphatic heterocycles. The van der Waals surface area contributed by atoms with Crippen LogP contribution in [0.25, 0.3) is 0 Å². The molecule has 0 aromatic heterocycles. The van der Waals surface area contributed by atoms with Crippen LogP contribution < -0.4 is 0 Å². The van der Waals surface area contributed by atoms with Crippen molar-refractivity contribution in [2.45, 2.75) is 65.7 Å². The average molecular weight is 272 g/mol. The zero-order valence-corrected chi connectivity index (χ0v) is 12.6. The Bertz CT molecular complexity index is 249. The Morgan fingerprint density at radius 2 is 1.47 bits per heavy atom. The van der Waals surface area contributed by atoms with Gasteiger partial charge in [0.05, 0.1) is 13.2 Å². The van der Waals surface area contributed by atoms with Crippen LogP contribution in [-0.4, -0.2) is 25.2 Å². The molecule has 0 aromatic rings. The molecule has 4 nitrogen and oxygen atoms in total. The SMILES string of the molecule is CCCCCC(=O)OCCCCOC(=O)CC(C)C. The quantitative estimate of drug-likeness (QED) is 0.427. The van der Waals surface area contributed by atoms with Gasteiger partial charge in [0, 0.05) is 12.8 Å². The number of carbonyl (C=O) groups excluding carboxylic acids is 2. The minimum Gasteiger partial charge on any atom is -0.466 e. The molecule has 0 aliphatic rings. The minimum absolute atomic E-state index is 0.120. The highest BCUT2D eigenvalue weighted by molar-refractivity contribution is 5.69. The third-order valence-corrected chi connectivity index (χ3v) is 2.62. The molecule has 112 valence electrons. The van der Waals surface area contributed by atoms with Gasteiger partial charge in [0.2, 0.25) is 0 Å². The highest BCUT2D eigenvalue weighted by Gasteiger charge is 2.06. The lowest BCUT2D eigenvalue weighted by molar-refractivity contribution is -0.146. The topological polar surface area (TPSA) is 52.6 Å². The summed E-state index contributed by atoms with van der Waals surface area (Å²) < 4.78 is 10.1. The smallest absolute Gasteiger partial charge is 0.306 e. The van der Waals surface area contributed by atoms with Gasteiger partial charge >= 0.3 is 11.9 Å². The van der Waals surface area contributed by atoms with E-state index in [4.69, 9.17) is 9.47 Å². The number of unbranched alkanes of at least 4 members (excludes halogenated alkanes) is 3. The van der Waals surface area contributed by atoms with Gasteiger partial charge in [0.1, 0.15) is 0 Å². The fourth-order valence-electron chi connectivity index (χ4n) is 1.56. The maximum Gasteiger partial charge on any atom is 0.306 e. The van der Waals surface area contributed by atoms with Gasteiger partial charge in [0.25, 0.3) is 0 Å². The van der Waals surface area contributed by atoms with E-state index in [2.05, 4.69) is 6.92 Å². The summed E-state index contributed by atoms with van der Waals surface area (Å²) in [6.45, 7) is 6.91. The first kappa shape index (κ1) is 17.9. The highest BCUT2D eigenvalue weighted by atomic mass is 16.5. The van der Waals surface area contributed by atoms with Crippen LogP contribution in [0.4, 0.5) is 0 Å². The fourth-order valence-corrected chi connectivity index (χ4v) is 1.56. The van der Waals surface area contributed by atoms with E-state index in [0.29, 0.717) is 32.0 Å². The van der Waals surface area contributed by atoms with E-state index in [9.17, 15) is 9.59 Å². The van der Waals surface area contributed by atoms with Gasteiger partial charge in [-0.2, -0.15) is 0 Å². The molecule has 0 N–H and O–H groups in total. The van der Waals surface area contributed by atoms with E-state index in [1.807, 2.05) is 13.8 Å². The standard InChI is InChI=1S/C15H28O4/c1-4-5-6-9-14(16)18-10-7-8-11-19-15(17)12-13(2)3/h13H,4-12H2,1-3H3. The van der Waals surface area contributed by atoms with Gasteiger partial charge in [0.15, 0.2) is 0 Å². The van der Waals surface area contributed by atoms with Crippen molar-refractivity contribution in [3.8, 4) is 0 Å². The molecule has 0 bridgehead atoms. The largest absolute Gasteiger partial charge is 0.466 e. The van der Waals surface area contributed by atoms with Crippen LogP contribution in [-0.2, 0) is 19.1 Å². The van der Waals surface area contributed by atoms with Crippen molar-refractivity contribution in [2.24, 2.45) is 5.92 Å². The second-order valence-corrected chi connectivity index (χ2v) is 5.20. The Labute approximate surface area is 116 Å². The molecular weight excluding hydrogens is 244 g/mol. The molecule has 0 heterocycles. The molecule has 0 rings (SSSR count). The molecule has 0 spiro atoms. The van der Waals surface area contributed by atoms with Crippen molar-refractivity contribution >= 4 is 11.9 Å². The molecule has 0 radical (unpaired) electrons. The van der Waals surface area contributed by atoms with E-state index < -0.39 is 0 Å². The van der Waals surface area contributed by atoms with E-state index in [1.54, 1.807) is 0 Å². The Hall–Kier alpha value is -1.06. The van der Waals surface area contributed by atoms with Crippen LogP contribution in [0.3, 0.4) is 0 Å². The highest BCUT2D eigenvalue weighted by Crippen LogP contribution is 2.03. The first-order valence-electron chi connectivity index (χ1n) is 7.37. The van der Waals surface area contributed by atoms with E-state index in [-0.39, 0.29) is 11.9 Å². The number of carbonyl (C=O) groups is 2. The lowest BCUT2D eigenvalue weighted by Gasteiger charge is -2.07. The molecule has 4 heteroatoms. The van der Waals surface area contributed by atoms with Crippen molar-refractivity contribution in [3.05, 3.63) is 0 Å². The fraction of sp³-hybridized carbons (Fsp3) is 0.867. The normalized spacial score (nSPS) is 10.5. The van der Waals surface area contributed by atoms with Crippen molar-refractivity contribution in [2.75, 3.05) is 13.2 Å². The Balaban J connectivity index is 3.31. The second-order valence-electron chi connectivity index (χ2n) is 5.20. The average Bonchev–Trinajstić information content (AvgIpc) is 2.33. The summed E-state index contributed by atoms with van der Waals surface area (Å²) in [5.41, 5.74) is 0. The summed E-state index contributed by atoms with van der Waals surface area (Å²) in [7, 11) is 0. The molecule has 0 atom stereocenters. The maximum atomic E-state index is 11.3. The van der Waals surface area contributed by atoms with E-state index >= 15 is 0 Å². The Morgan fingerprint density at radius 3 is 2.00 bits per heavy atom. The monoisotopic (exact) mass is 272 g/mol. The molecule has 0 aromatic carbocycles. The van der Waals surface area contributed by atoms with Gasteiger partial charge in [-0.3, -0.25) is 9.59 Å². The first-order valence-corrected chi connectivity index (χ1v) is 7.37. The third kappa shape index (κ3) is 13.2. The van der Waals surface area contributed by atoms with Gasteiger partial charge in [-0.05, 0) is 25.2 Å². The van der Waals surface area contributed by atoms with Crippen LogP contribution in [0.1, 0.15) is 65.7 Å². The van der Waals surface area contributed by atoms with Gasteiger partial charge in [-0.15, -0.1) is 0 Å². The zero-order valence-electron chi connectivity index (χ0n) is 12.6. The first-order chi connectivity index (χ1) is 9.06. The van der Waals surface area contributed by atoms with Gasteiger partial charge < -0.3 is 9.47 Å².